The average molecular weight is 293 g/mol. The standard InChI is InChI=1S/C16H23NO2S/c1-12(14-3-5-15(20-2)6-4-14)17-9-7-13(8-10-17)11-16(18)19/h3-6,12-13H,7-11H2,1-2H3,(H,18,19). The molecule has 0 amide bonds. The lowest BCUT2D eigenvalue weighted by molar-refractivity contribution is -0.138. The first kappa shape index (κ1) is 15.4. The molecule has 1 aromatic carbocycles. The van der Waals surface area contributed by atoms with Gasteiger partial charge in [0.2, 0.25) is 0 Å². The Morgan fingerprint density at radius 2 is 1.95 bits per heavy atom. The van der Waals surface area contributed by atoms with E-state index in [1.54, 1.807) is 11.8 Å². The third-order valence-corrected chi connectivity index (χ3v) is 5.00. The maximum absolute atomic E-state index is 10.7. The molecule has 1 atom stereocenters. The molecule has 0 spiro atoms. The summed E-state index contributed by atoms with van der Waals surface area (Å²) in [4.78, 5) is 14.5. The van der Waals surface area contributed by atoms with E-state index in [4.69, 9.17) is 5.11 Å². The molecule has 1 heterocycles. The summed E-state index contributed by atoms with van der Waals surface area (Å²) < 4.78 is 0. The minimum absolute atomic E-state index is 0.324. The number of aliphatic carboxylic acids is 1. The zero-order valence-corrected chi connectivity index (χ0v) is 13.0. The number of carboxylic acids is 1. The molecule has 1 aliphatic heterocycles. The molecule has 0 bridgehead atoms. The zero-order chi connectivity index (χ0) is 14.5. The lowest BCUT2D eigenvalue weighted by atomic mass is 9.92. The number of hydrogen-bond donors (Lipinski definition) is 1. The van der Waals surface area contributed by atoms with Gasteiger partial charge in [0.15, 0.2) is 0 Å². The molecular formula is C16H23NO2S. The number of benzene rings is 1. The number of thioether (sulfide) groups is 1. The van der Waals surface area contributed by atoms with E-state index in [1.165, 1.54) is 10.5 Å². The Bertz CT molecular complexity index is 438. The molecular weight excluding hydrogens is 270 g/mol. The molecule has 1 aromatic rings. The van der Waals surface area contributed by atoms with E-state index in [2.05, 4.69) is 42.3 Å². The van der Waals surface area contributed by atoms with Crippen molar-refractivity contribution in [2.75, 3.05) is 19.3 Å². The number of piperidine rings is 1. The minimum atomic E-state index is -0.663. The topological polar surface area (TPSA) is 40.5 Å². The van der Waals surface area contributed by atoms with Crippen molar-refractivity contribution in [3.63, 3.8) is 0 Å². The van der Waals surface area contributed by atoms with Crippen LogP contribution in [0.2, 0.25) is 0 Å². The fourth-order valence-corrected chi connectivity index (χ4v) is 3.29. The van der Waals surface area contributed by atoms with Crippen LogP contribution in [0.4, 0.5) is 0 Å². The van der Waals surface area contributed by atoms with Crippen LogP contribution in [0.15, 0.2) is 29.2 Å². The summed E-state index contributed by atoms with van der Waals surface area (Å²) in [6.45, 7) is 4.25. The second kappa shape index (κ2) is 7.14. The van der Waals surface area contributed by atoms with Crippen LogP contribution in [0.5, 0.6) is 0 Å². The van der Waals surface area contributed by atoms with Crippen molar-refractivity contribution in [2.45, 2.75) is 37.1 Å². The van der Waals surface area contributed by atoms with Crippen LogP contribution in [0.3, 0.4) is 0 Å². The van der Waals surface area contributed by atoms with E-state index in [0.29, 0.717) is 18.4 Å². The largest absolute Gasteiger partial charge is 0.481 e. The Kier molecular flexibility index (Phi) is 5.49. The summed E-state index contributed by atoms with van der Waals surface area (Å²) in [5.41, 5.74) is 1.35. The predicted molar refractivity (Wildman–Crippen MR) is 83.2 cm³/mol. The number of nitrogens with zero attached hydrogens (tertiary/aromatic N) is 1. The molecule has 1 aliphatic rings. The van der Waals surface area contributed by atoms with Gasteiger partial charge in [-0.1, -0.05) is 12.1 Å². The molecule has 3 nitrogen and oxygen atoms in total. The molecule has 20 heavy (non-hydrogen) atoms. The second-order valence-electron chi connectivity index (χ2n) is 5.53. The first-order valence-corrected chi connectivity index (χ1v) is 8.42. The van der Waals surface area contributed by atoms with Gasteiger partial charge in [-0.05, 0) is 62.7 Å². The van der Waals surface area contributed by atoms with Gasteiger partial charge in [-0.2, -0.15) is 0 Å². The van der Waals surface area contributed by atoms with E-state index < -0.39 is 5.97 Å². The minimum Gasteiger partial charge on any atom is -0.481 e. The van der Waals surface area contributed by atoms with Gasteiger partial charge in [0.25, 0.3) is 0 Å². The molecule has 1 unspecified atom stereocenters. The van der Waals surface area contributed by atoms with Gasteiger partial charge in [-0.25, -0.2) is 0 Å². The second-order valence-corrected chi connectivity index (χ2v) is 6.41. The van der Waals surface area contributed by atoms with Crippen LogP contribution in [0, 0.1) is 5.92 Å². The quantitative estimate of drug-likeness (QED) is 0.841. The molecule has 0 aliphatic carbocycles. The Morgan fingerprint density at radius 1 is 1.35 bits per heavy atom. The molecule has 4 heteroatoms. The van der Waals surface area contributed by atoms with E-state index in [1.807, 2.05) is 0 Å². The van der Waals surface area contributed by atoms with Crippen molar-refractivity contribution < 1.29 is 9.90 Å². The lowest BCUT2D eigenvalue weighted by Crippen LogP contribution is -2.36. The first-order valence-electron chi connectivity index (χ1n) is 7.20. The smallest absolute Gasteiger partial charge is 0.303 e. The highest BCUT2D eigenvalue weighted by Gasteiger charge is 2.24. The van der Waals surface area contributed by atoms with Crippen molar-refractivity contribution in [3.8, 4) is 0 Å². The number of hydrogen-bond acceptors (Lipinski definition) is 3. The number of rotatable bonds is 5. The lowest BCUT2D eigenvalue weighted by Gasteiger charge is -2.35. The Labute approximate surface area is 125 Å². The fourth-order valence-electron chi connectivity index (χ4n) is 2.88. The number of carboxylic acid groups (broad SMARTS) is 1. The van der Waals surface area contributed by atoms with Gasteiger partial charge < -0.3 is 5.11 Å². The Morgan fingerprint density at radius 3 is 2.45 bits per heavy atom. The van der Waals surface area contributed by atoms with Gasteiger partial charge in [0, 0.05) is 17.4 Å². The zero-order valence-electron chi connectivity index (χ0n) is 12.2. The van der Waals surface area contributed by atoms with E-state index >= 15 is 0 Å². The maximum Gasteiger partial charge on any atom is 0.303 e. The van der Waals surface area contributed by atoms with Gasteiger partial charge in [-0.15, -0.1) is 11.8 Å². The summed E-state index contributed by atoms with van der Waals surface area (Å²) in [6.07, 6.45) is 4.41. The maximum atomic E-state index is 10.7. The van der Waals surface area contributed by atoms with Crippen molar-refractivity contribution in [1.82, 2.24) is 4.90 Å². The van der Waals surface area contributed by atoms with Crippen LogP contribution < -0.4 is 0 Å². The molecule has 1 saturated heterocycles. The summed E-state index contributed by atoms with van der Waals surface area (Å²) in [5.74, 6) is -0.307. The van der Waals surface area contributed by atoms with Gasteiger partial charge in [0.1, 0.15) is 0 Å². The van der Waals surface area contributed by atoms with E-state index in [9.17, 15) is 4.79 Å². The predicted octanol–water partition coefficient (Wildman–Crippen LogP) is 3.66. The van der Waals surface area contributed by atoms with E-state index in [0.717, 1.165) is 25.9 Å². The molecule has 2 rings (SSSR count). The van der Waals surface area contributed by atoms with Crippen LogP contribution in [-0.2, 0) is 4.79 Å². The highest BCUT2D eigenvalue weighted by molar-refractivity contribution is 7.98. The number of carbonyl (C=O) groups is 1. The fraction of sp³-hybridized carbons (Fsp3) is 0.562. The third kappa shape index (κ3) is 4.00. The monoisotopic (exact) mass is 293 g/mol. The molecule has 0 saturated carbocycles. The van der Waals surface area contributed by atoms with Crippen molar-refractivity contribution in [3.05, 3.63) is 29.8 Å². The molecule has 0 radical (unpaired) electrons. The third-order valence-electron chi connectivity index (χ3n) is 4.26. The van der Waals surface area contributed by atoms with Gasteiger partial charge in [0.05, 0.1) is 0 Å². The van der Waals surface area contributed by atoms with Crippen molar-refractivity contribution >= 4 is 17.7 Å². The van der Waals surface area contributed by atoms with Crippen LogP contribution in [0.25, 0.3) is 0 Å². The van der Waals surface area contributed by atoms with Gasteiger partial charge in [-0.3, -0.25) is 9.69 Å². The van der Waals surface area contributed by atoms with Gasteiger partial charge >= 0.3 is 5.97 Å². The van der Waals surface area contributed by atoms with Crippen LogP contribution >= 0.6 is 11.8 Å². The summed E-state index contributed by atoms with van der Waals surface area (Å²) >= 11 is 1.76. The summed E-state index contributed by atoms with van der Waals surface area (Å²) in [6, 6.07) is 9.18. The molecule has 1 fully saturated rings. The molecule has 1 N–H and O–H groups in total. The summed E-state index contributed by atoms with van der Waals surface area (Å²) in [5, 5.41) is 8.85. The SMILES string of the molecule is CSc1ccc(C(C)N2CCC(CC(=O)O)CC2)cc1. The summed E-state index contributed by atoms with van der Waals surface area (Å²) in [7, 11) is 0. The molecule has 0 aromatic heterocycles. The normalized spacial score (nSPS) is 18.9. The Hall–Kier alpha value is -1.00. The first-order chi connectivity index (χ1) is 9.60. The van der Waals surface area contributed by atoms with Crippen LogP contribution in [0.1, 0.15) is 37.8 Å². The van der Waals surface area contributed by atoms with Crippen molar-refractivity contribution in [1.29, 1.82) is 0 Å². The molecule has 110 valence electrons. The average Bonchev–Trinajstić information content (AvgIpc) is 2.47. The highest BCUT2D eigenvalue weighted by atomic mass is 32.2. The number of likely N-dealkylation sites (tertiary alicyclic amines) is 1. The Balaban J connectivity index is 1.90. The van der Waals surface area contributed by atoms with E-state index in [-0.39, 0.29) is 0 Å². The van der Waals surface area contributed by atoms with Crippen LogP contribution in [-0.4, -0.2) is 35.3 Å². The van der Waals surface area contributed by atoms with Crippen molar-refractivity contribution in [2.24, 2.45) is 5.92 Å². The highest BCUT2D eigenvalue weighted by Crippen LogP contribution is 2.28.